The second-order valence-corrected chi connectivity index (χ2v) is 11.5. The van der Waals surface area contributed by atoms with Crippen LogP contribution in [0.25, 0.3) is 0 Å². The summed E-state index contributed by atoms with van der Waals surface area (Å²) in [4.78, 5) is 17.4. The average Bonchev–Trinajstić information content (AvgIpc) is 3.30. The van der Waals surface area contributed by atoms with E-state index in [0.29, 0.717) is 41.4 Å². The van der Waals surface area contributed by atoms with Crippen molar-refractivity contribution in [3.8, 4) is 11.5 Å². The Morgan fingerprint density at radius 1 is 1.26 bits per heavy atom. The molecule has 1 N–H and O–H groups in total. The van der Waals surface area contributed by atoms with Gasteiger partial charge in [0.2, 0.25) is 7.37 Å². The third-order valence-electron chi connectivity index (χ3n) is 4.73. The number of hydrogen-bond donors (Lipinski definition) is 1. The molecule has 0 saturated heterocycles. The highest BCUT2D eigenvalue weighted by molar-refractivity contribution is 7.62. The van der Waals surface area contributed by atoms with Crippen LogP contribution in [0.4, 0.5) is 0 Å². The molecule has 0 aliphatic heterocycles. The Morgan fingerprint density at radius 3 is 2.63 bits per heavy atom. The first-order valence-corrected chi connectivity index (χ1v) is 14.5. The van der Waals surface area contributed by atoms with E-state index >= 15 is 0 Å². The smallest absolute Gasteiger partial charge is 0.257 e. The van der Waals surface area contributed by atoms with E-state index in [9.17, 15) is 9.36 Å². The van der Waals surface area contributed by atoms with Crippen molar-refractivity contribution in [3.63, 3.8) is 0 Å². The molecule has 0 radical (unpaired) electrons. The molecular formula is C26H35N2O5PS. The van der Waals surface area contributed by atoms with Crippen molar-refractivity contribution in [2.45, 2.75) is 47.1 Å². The van der Waals surface area contributed by atoms with Crippen LogP contribution >= 0.6 is 18.7 Å². The lowest BCUT2D eigenvalue weighted by atomic mass is 10.1. The molecule has 1 atom stereocenters. The van der Waals surface area contributed by atoms with Crippen LogP contribution in [0, 0.1) is 0 Å². The number of aliphatic imine (C=N–C) groups is 1. The van der Waals surface area contributed by atoms with Gasteiger partial charge in [-0.3, -0.25) is 9.36 Å². The lowest BCUT2D eigenvalue weighted by molar-refractivity contribution is 0.0976. The van der Waals surface area contributed by atoms with E-state index in [1.54, 1.807) is 62.2 Å². The second-order valence-electron chi connectivity index (χ2n) is 8.09. The highest BCUT2D eigenvalue weighted by Crippen LogP contribution is 2.50. The van der Waals surface area contributed by atoms with Gasteiger partial charge in [0, 0.05) is 36.2 Å². The summed E-state index contributed by atoms with van der Waals surface area (Å²) in [6.07, 6.45) is 5.59. The van der Waals surface area contributed by atoms with Gasteiger partial charge in [-0.05, 0) is 75.2 Å². The SMILES string of the molecule is C\C=C/C(=N/C=C(\C)P(C)(=O)OCC)NC(=O)c1cc(OCCc2ccsc2)cc(OC(C)C)c1. The number of allylic oxidation sites excluding steroid dienone is 2. The number of carbonyl (C=O) groups is 1. The molecule has 190 valence electrons. The first-order chi connectivity index (χ1) is 16.6. The number of ether oxygens (including phenoxy) is 2. The quantitative estimate of drug-likeness (QED) is 0.193. The normalized spacial score (nSPS) is 14.3. The molecule has 35 heavy (non-hydrogen) atoms. The van der Waals surface area contributed by atoms with Crippen molar-refractivity contribution in [1.29, 1.82) is 0 Å². The van der Waals surface area contributed by atoms with E-state index in [2.05, 4.69) is 21.8 Å². The van der Waals surface area contributed by atoms with Crippen molar-refractivity contribution in [2.75, 3.05) is 19.9 Å². The van der Waals surface area contributed by atoms with Gasteiger partial charge in [0.15, 0.2) is 0 Å². The lowest BCUT2D eigenvalue weighted by Gasteiger charge is -2.14. The maximum absolute atomic E-state index is 13.1. The average molecular weight is 519 g/mol. The molecule has 1 amide bonds. The number of thiophene rings is 1. The molecule has 1 unspecified atom stereocenters. The lowest BCUT2D eigenvalue weighted by Crippen LogP contribution is -2.29. The highest BCUT2D eigenvalue weighted by Gasteiger charge is 2.18. The number of carbonyl (C=O) groups excluding carboxylic acids is 1. The van der Waals surface area contributed by atoms with Crippen molar-refractivity contribution in [2.24, 2.45) is 4.99 Å². The van der Waals surface area contributed by atoms with Crippen molar-refractivity contribution >= 4 is 30.4 Å². The molecule has 1 aromatic heterocycles. The molecule has 0 saturated carbocycles. The Hall–Kier alpha value is -2.67. The molecule has 9 heteroatoms. The van der Waals surface area contributed by atoms with Crippen molar-refractivity contribution in [1.82, 2.24) is 5.32 Å². The molecule has 0 bridgehead atoms. The van der Waals surface area contributed by atoms with E-state index in [0.717, 1.165) is 6.42 Å². The first kappa shape index (κ1) is 28.6. The summed E-state index contributed by atoms with van der Waals surface area (Å²) < 4.78 is 29.7. The largest absolute Gasteiger partial charge is 0.493 e. The minimum Gasteiger partial charge on any atom is -0.493 e. The predicted octanol–water partition coefficient (Wildman–Crippen LogP) is 6.67. The maximum Gasteiger partial charge on any atom is 0.257 e. The summed E-state index contributed by atoms with van der Waals surface area (Å²) in [5, 5.41) is 7.42. The topological polar surface area (TPSA) is 86.2 Å². The van der Waals surface area contributed by atoms with Gasteiger partial charge in [-0.15, -0.1) is 0 Å². The van der Waals surface area contributed by atoms with Gasteiger partial charge >= 0.3 is 0 Å². The Balaban J connectivity index is 2.23. The van der Waals surface area contributed by atoms with Crippen LogP contribution in [0.1, 0.15) is 50.5 Å². The number of amidine groups is 1. The van der Waals surface area contributed by atoms with Crippen LogP contribution in [-0.4, -0.2) is 37.7 Å². The van der Waals surface area contributed by atoms with Crippen LogP contribution in [0.3, 0.4) is 0 Å². The molecule has 0 spiro atoms. The molecule has 7 nitrogen and oxygen atoms in total. The monoisotopic (exact) mass is 518 g/mol. The van der Waals surface area contributed by atoms with E-state index < -0.39 is 7.37 Å². The fourth-order valence-corrected chi connectivity index (χ4v) is 4.59. The fourth-order valence-electron chi connectivity index (χ4n) is 2.93. The van der Waals surface area contributed by atoms with E-state index in [-0.39, 0.29) is 12.0 Å². The van der Waals surface area contributed by atoms with Gasteiger partial charge in [0.25, 0.3) is 5.91 Å². The third kappa shape index (κ3) is 9.84. The van der Waals surface area contributed by atoms with Gasteiger partial charge < -0.3 is 19.3 Å². The number of hydrogen-bond acceptors (Lipinski definition) is 7. The van der Waals surface area contributed by atoms with Crippen LogP contribution < -0.4 is 14.8 Å². The Kier molecular flexibility index (Phi) is 11.4. The number of benzene rings is 1. The first-order valence-electron chi connectivity index (χ1n) is 11.5. The maximum atomic E-state index is 13.1. The van der Waals surface area contributed by atoms with Gasteiger partial charge in [0.1, 0.15) is 17.3 Å². The summed E-state index contributed by atoms with van der Waals surface area (Å²) in [6.45, 7) is 11.5. The Morgan fingerprint density at radius 2 is 2.00 bits per heavy atom. The number of nitrogens with one attached hydrogen (secondary N) is 1. The van der Waals surface area contributed by atoms with Gasteiger partial charge in [-0.2, -0.15) is 11.3 Å². The number of rotatable bonds is 12. The number of amides is 1. The van der Waals surface area contributed by atoms with Crippen LogP contribution in [0.2, 0.25) is 0 Å². The summed E-state index contributed by atoms with van der Waals surface area (Å²) in [6, 6.07) is 7.20. The summed E-state index contributed by atoms with van der Waals surface area (Å²) in [5.41, 5.74) is 1.58. The van der Waals surface area contributed by atoms with Crippen LogP contribution in [0.5, 0.6) is 11.5 Å². The molecular weight excluding hydrogens is 483 g/mol. The highest BCUT2D eigenvalue weighted by atomic mass is 32.1. The van der Waals surface area contributed by atoms with E-state index in [1.807, 2.05) is 26.2 Å². The van der Waals surface area contributed by atoms with Crippen LogP contribution in [0.15, 0.2) is 63.7 Å². The van der Waals surface area contributed by atoms with Crippen LogP contribution in [-0.2, 0) is 15.5 Å². The van der Waals surface area contributed by atoms with Gasteiger partial charge in [-0.25, -0.2) is 4.99 Å². The zero-order chi connectivity index (χ0) is 25.8. The minimum absolute atomic E-state index is 0.0599. The molecule has 1 heterocycles. The molecule has 0 aliphatic rings. The standard InChI is InChI=1S/C26H35N2O5PS/c1-7-9-25(27-17-20(5)34(6,30)32-8-2)28-26(29)22-14-23(16-24(15-22)33-19(3)4)31-12-10-21-11-13-35-18-21/h7,9,11,13-19H,8,10,12H2,1-6H3,(H,27,28,29)/b9-7-,20-17+. The summed E-state index contributed by atoms with van der Waals surface area (Å²) in [7, 11) is -2.92. The van der Waals surface area contributed by atoms with E-state index in [1.165, 1.54) is 11.8 Å². The van der Waals surface area contributed by atoms with Gasteiger partial charge in [0.05, 0.1) is 19.3 Å². The van der Waals surface area contributed by atoms with Crippen molar-refractivity contribution < 1.29 is 23.4 Å². The summed E-state index contributed by atoms with van der Waals surface area (Å²) >= 11 is 1.65. The Labute approximate surface area is 212 Å². The molecule has 2 aromatic rings. The molecule has 1 aromatic carbocycles. The zero-order valence-corrected chi connectivity index (χ0v) is 22.9. The zero-order valence-electron chi connectivity index (χ0n) is 21.2. The third-order valence-corrected chi connectivity index (χ3v) is 7.61. The van der Waals surface area contributed by atoms with Crippen molar-refractivity contribution in [3.05, 3.63) is 69.8 Å². The Bertz CT molecular complexity index is 1110. The molecule has 0 aliphatic carbocycles. The molecule has 0 fully saturated rings. The summed E-state index contributed by atoms with van der Waals surface area (Å²) in [5.74, 6) is 1.03. The number of nitrogens with zero attached hydrogens (tertiary/aromatic N) is 1. The van der Waals surface area contributed by atoms with Gasteiger partial charge in [-0.1, -0.05) is 6.08 Å². The fraction of sp³-hybridized carbons (Fsp3) is 0.385. The van der Waals surface area contributed by atoms with E-state index in [4.69, 9.17) is 14.0 Å². The molecule has 2 rings (SSSR count). The minimum atomic E-state index is -2.92. The second kappa shape index (κ2) is 14.0. The predicted molar refractivity (Wildman–Crippen MR) is 144 cm³/mol.